The summed E-state index contributed by atoms with van der Waals surface area (Å²) in [4.78, 5) is 27.1. The minimum atomic E-state index is -0.0538. The third-order valence-electron chi connectivity index (χ3n) is 6.18. The van der Waals surface area contributed by atoms with E-state index in [1.165, 1.54) is 10.8 Å². The summed E-state index contributed by atoms with van der Waals surface area (Å²) in [5.74, 6) is 0.883. The van der Waals surface area contributed by atoms with Gasteiger partial charge in [0.2, 0.25) is 11.8 Å². The summed E-state index contributed by atoms with van der Waals surface area (Å²) in [6, 6.07) is 24.0. The maximum absolute atomic E-state index is 12.8. The summed E-state index contributed by atoms with van der Waals surface area (Å²) < 4.78 is 5.63. The van der Waals surface area contributed by atoms with Crippen LogP contribution in [0.2, 0.25) is 0 Å². The molecule has 0 spiro atoms. The van der Waals surface area contributed by atoms with Gasteiger partial charge < -0.3 is 15.0 Å². The molecule has 2 amide bonds. The predicted octanol–water partition coefficient (Wildman–Crippen LogP) is 4.72. The summed E-state index contributed by atoms with van der Waals surface area (Å²) in [5.41, 5.74) is 1.10. The number of likely N-dealkylation sites (tertiary alicyclic amines) is 1. The van der Waals surface area contributed by atoms with Gasteiger partial charge in [-0.1, -0.05) is 54.6 Å². The molecule has 1 saturated heterocycles. The van der Waals surface area contributed by atoms with Crippen molar-refractivity contribution in [2.24, 2.45) is 5.92 Å². The van der Waals surface area contributed by atoms with Gasteiger partial charge in [-0.2, -0.15) is 0 Å². The van der Waals surface area contributed by atoms with Crippen molar-refractivity contribution in [2.45, 2.75) is 32.2 Å². The van der Waals surface area contributed by atoms with Crippen molar-refractivity contribution in [2.75, 3.05) is 19.7 Å². The number of benzene rings is 3. The van der Waals surface area contributed by atoms with Crippen LogP contribution in [0.25, 0.3) is 10.8 Å². The van der Waals surface area contributed by atoms with Gasteiger partial charge in [-0.05, 0) is 54.3 Å². The Kier molecular flexibility index (Phi) is 7.05. The van der Waals surface area contributed by atoms with Gasteiger partial charge >= 0.3 is 0 Å². The quantitative estimate of drug-likeness (QED) is 0.590. The Morgan fingerprint density at radius 3 is 2.41 bits per heavy atom. The molecule has 5 heteroatoms. The SMILES string of the molecule is CC(NC(=O)C1CCN(C(=O)CCOc2ccccc2)CC1)c1ccc2ccccc2c1. The zero-order chi connectivity index (χ0) is 22.3. The number of hydrogen-bond donors (Lipinski definition) is 1. The summed E-state index contributed by atoms with van der Waals surface area (Å²) >= 11 is 0. The molecule has 5 nitrogen and oxygen atoms in total. The van der Waals surface area contributed by atoms with Crippen LogP contribution >= 0.6 is 0 Å². The number of carbonyl (C=O) groups is 2. The highest BCUT2D eigenvalue weighted by Crippen LogP contribution is 2.23. The minimum absolute atomic E-state index is 0.0532. The Morgan fingerprint density at radius 2 is 1.66 bits per heavy atom. The van der Waals surface area contributed by atoms with E-state index in [1.54, 1.807) is 0 Å². The van der Waals surface area contributed by atoms with Crippen molar-refractivity contribution in [3.63, 3.8) is 0 Å². The molecule has 0 saturated carbocycles. The topological polar surface area (TPSA) is 58.6 Å². The summed E-state index contributed by atoms with van der Waals surface area (Å²) in [7, 11) is 0. The van der Waals surface area contributed by atoms with Crippen molar-refractivity contribution in [1.29, 1.82) is 0 Å². The number of rotatable bonds is 7. The molecular formula is C27H30N2O3. The molecule has 166 valence electrons. The maximum atomic E-state index is 12.8. The van der Waals surface area contributed by atoms with Gasteiger partial charge in [-0.3, -0.25) is 9.59 Å². The molecule has 4 rings (SSSR count). The highest BCUT2D eigenvalue weighted by atomic mass is 16.5. The maximum Gasteiger partial charge on any atom is 0.225 e. The molecule has 0 bridgehead atoms. The smallest absolute Gasteiger partial charge is 0.225 e. The van der Waals surface area contributed by atoms with Crippen LogP contribution in [0.1, 0.15) is 37.8 Å². The first-order valence-electron chi connectivity index (χ1n) is 11.3. The van der Waals surface area contributed by atoms with E-state index in [4.69, 9.17) is 4.74 Å². The number of nitrogens with one attached hydrogen (secondary N) is 1. The zero-order valence-electron chi connectivity index (χ0n) is 18.5. The number of piperidine rings is 1. The van der Waals surface area contributed by atoms with Crippen molar-refractivity contribution >= 4 is 22.6 Å². The van der Waals surface area contributed by atoms with Crippen LogP contribution in [0.3, 0.4) is 0 Å². The fraction of sp³-hybridized carbons (Fsp3) is 0.333. The summed E-state index contributed by atoms with van der Waals surface area (Å²) in [5, 5.41) is 5.54. The van der Waals surface area contributed by atoms with Gasteiger partial charge in [0, 0.05) is 19.0 Å². The number of amides is 2. The monoisotopic (exact) mass is 430 g/mol. The van der Waals surface area contributed by atoms with Crippen molar-refractivity contribution < 1.29 is 14.3 Å². The Labute approximate surface area is 189 Å². The molecule has 32 heavy (non-hydrogen) atoms. The zero-order valence-corrected chi connectivity index (χ0v) is 18.5. The van der Waals surface area contributed by atoms with E-state index in [9.17, 15) is 9.59 Å². The molecule has 1 unspecified atom stereocenters. The van der Waals surface area contributed by atoms with Crippen LogP contribution in [0.5, 0.6) is 5.75 Å². The van der Waals surface area contributed by atoms with Gasteiger partial charge in [0.25, 0.3) is 0 Å². The van der Waals surface area contributed by atoms with E-state index in [0.717, 1.165) is 11.3 Å². The number of nitrogens with zero attached hydrogens (tertiary/aromatic N) is 1. The Morgan fingerprint density at radius 1 is 0.969 bits per heavy atom. The van der Waals surface area contributed by atoms with E-state index >= 15 is 0 Å². The molecule has 1 N–H and O–H groups in total. The van der Waals surface area contributed by atoms with Crippen molar-refractivity contribution in [3.8, 4) is 5.75 Å². The van der Waals surface area contributed by atoms with E-state index in [0.29, 0.717) is 39.0 Å². The molecule has 1 fully saturated rings. The first kappa shape index (κ1) is 21.9. The Bertz CT molecular complexity index is 1060. The number of carbonyl (C=O) groups excluding carboxylic acids is 2. The van der Waals surface area contributed by atoms with E-state index in [1.807, 2.05) is 54.3 Å². The fourth-order valence-corrected chi connectivity index (χ4v) is 4.21. The molecule has 0 aromatic heterocycles. The van der Waals surface area contributed by atoms with Gasteiger partial charge in [0.15, 0.2) is 0 Å². The molecule has 0 aliphatic carbocycles. The van der Waals surface area contributed by atoms with Crippen LogP contribution in [0, 0.1) is 5.92 Å². The summed E-state index contributed by atoms with van der Waals surface area (Å²) in [6.07, 6.45) is 1.74. The normalized spacial score (nSPS) is 15.3. The Hall–Kier alpha value is -3.34. The molecular weight excluding hydrogens is 400 g/mol. The van der Waals surface area contributed by atoms with Gasteiger partial charge in [-0.15, -0.1) is 0 Å². The average Bonchev–Trinajstić information content (AvgIpc) is 2.84. The van der Waals surface area contributed by atoms with Crippen molar-refractivity contribution in [1.82, 2.24) is 10.2 Å². The van der Waals surface area contributed by atoms with Crippen LogP contribution in [0.15, 0.2) is 72.8 Å². The standard InChI is InChI=1S/C27H30N2O3/c1-20(23-12-11-21-7-5-6-8-24(21)19-23)28-27(31)22-13-16-29(17-14-22)26(30)15-18-32-25-9-3-2-4-10-25/h2-12,19-20,22H,13-18H2,1H3,(H,28,31). The minimum Gasteiger partial charge on any atom is -0.493 e. The van der Waals surface area contributed by atoms with E-state index in [-0.39, 0.29) is 23.8 Å². The lowest BCUT2D eigenvalue weighted by molar-refractivity contribution is -0.136. The van der Waals surface area contributed by atoms with E-state index in [2.05, 4.69) is 35.6 Å². The molecule has 0 radical (unpaired) electrons. The van der Waals surface area contributed by atoms with E-state index < -0.39 is 0 Å². The number of ether oxygens (including phenoxy) is 1. The number of para-hydroxylation sites is 1. The second-order valence-corrected chi connectivity index (χ2v) is 8.40. The lowest BCUT2D eigenvalue weighted by Gasteiger charge is -2.32. The Balaban J connectivity index is 1.22. The van der Waals surface area contributed by atoms with Crippen LogP contribution < -0.4 is 10.1 Å². The second-order valence-electron chi connectivity index (χ2n) is 8.40. The molecule has 3 aromatic rings. The van der Waals surface area contributed by atoms with Crippen LogP contribution in [-0.2, 0) is 9.59 Å². The molecule has 1 heterocycles. The lowest BCUT2D eigenvalue weighted by Crippen LogP contribution is -2.43. The third kappa shape index (κ3) is 5.47. The fourth-order valence-electron chi connectivity index (χ4n) is 4.21. The van der Waals surface area contributed by atoms with Gasteiger partial charge in [0.1, 0.15) is 5.75 Å². The first-order valence-corrected chi connectivity index (χ1v) is 11.3. The van der Waals surface area contributed by atoms with Crippen LogP contribution in [-0.4, -0.2) is 36.4 Å². The van der Waals surface area contributed by atoms with Gasteiger partial charge in [0.05, 0.1) is 19.1 Å². The lowest BCUT2D eigenvalue weighted by atomic mass is 9.94. The molecule has 1 aliphatic rings. The highest BCUT2D eigenvalue weighted by Gasteiger charge is 2.28. The predicted molar refractivity (Wildman–Crippen MR) is 126 cm³/mol. The van der Waals surface area contributed by atoms with Gasteiger partial charge in [-0.25, -0.2) is 0 Å². The third-order valence-corrected chi connectivity index (χ3v) is 6.18. The largest absolute Gasteiger partial charge is 0.493 e. The highest BCUT2D eigenvalue weighted by molar-refractivity contribution is 5.84. The molecule has 1 aliphatic heterocycles. The number of fused-ring (bicyclic) bond motifs is 1. The van der Waals surface area contributed by atoms with Crippen molar-refractivity contribution in [3.05, 3.63) is 78.4 Å². The average molecular weight is 431 g/mol. The summed E-state index contributed by atoms with van der Waals surface area (Å²) in [6.45, 7) is 3.62. The molecule has 3 aromatic carbocycles. The second kappa shape index (κ2) is 10.3. The van der Waals surface area contributed by atoms with Crippen LogP contribution in [0.4, 0.5) is 0 Å². The first-order chi connectivity index (χ1) is 15.6. The number of hydrogen-bond acceptors (Lipinski definition) is 3. The molecule has 1 atom stereocenters.